The number of nitrogens with one attached hydrogen (secondary N) is 2. The van der Waals surface area contributed by atoms with Crippen molar-refractivity contribution in [1.82, 2.24) is 10.6 Å². The summed E-state index contributed by atoms with van der Waals surface area (Å²) in [5.41, 5.74) is 5.80. The molecular formula is C14H27N3O. The van der Waals surface area contributed by atoms with Crippen LogP contribution in [0.4, 0.5) is 0 Å². The molecule has 0 aromatic carbocycles. The highest BCUT2D eigenvalue weighted by Crippen LogP contribution is 2.23. The highest BCUT2D eigenvalue weighted by atomic mass is 16.1. The maximum atomic E-state index is 11.5. The summed E-state index contributed by atoms with van der Waals surface area (Å²) in [6.07, 6.45) is 9.08. The first-order chi connectivity index (χ1) is 8.79. The van der Waals surface area contributed by atoms with E-state index in [1.54, 1.807) is 0 Å². The molecule has 2 aliphatic rings. The Bertz CT molecular complexity index is 266. The lowest BCUT2D eigenvalue weighted by atomic mass is 9.84. The molecule has 0 radical (unpaired) electrons. The van der Waals surface area contributed by atoms with E-state index in [1.165, 1.54) is 38.5 Å². The van der Waals surface area contributed by atoms with Gasteiger partial charge in [-0.05, 0) is 51.1 Å². The normalized spacial score (nSPS) is 28.1. The van der Waals surface area contributed by atoms with Crippen LogP contribution in [0.2, 0.25) is 0 Å². The second kappa shape index (κ2) is 7.10. The summed E-state index contributed by atoms with van der Waals surface area (Å²) in [5.74, 6) is 0.859. The van der Waals surface area contributed by atoms with Gasteiger partial charge >= 0.3 is 0 Å². The van der Waals surface area contributed by atoms with Crippen molar-refractivity contribution in [3.63, 3.8) is 0 Å². The minimum Gasteiger partial charge on any atom is -0.353 e. The highest BCUT2D eigenvalue weighted by Gasteiger charge is 2.24. The van der Waals surface area contributed by atoms with Crippen molar-refractivity contribution in [1.29, 1.82) is 0 Å². The largest absolute Gasteiger partial charge is 0.353 e. The number of carbonyl (C=O) groups is 1. The fourth-order valence-corrected chi connectivity index (χ4v) is 2.82. The van der Waals surface area contributed by atoms with E-state index in [1.807, 2.05) is 0 Å². The Morgan fingerprint density at radius 2 is 1.94 bits per heavy atom. The molecule has 4 heteroatoms. The monoisotopic (exact) mass is 253 g/mol. The van der Waals surface area contributed by atoms with Gasteiger partial charge < -0.3 is 16.4 Å². The Kier molecular flexibility index (Phi) is 5.45. The molecule has 0 spiro atoms. The Hall–Kier alpha value is -0.610. The van der Waals surface area contributed by atoms with E-state index in [4.69, 9.17) is 5.73 Å². The Morgan fingerprint density at radius 1 is 1.17 bits per heavy atom. The maximum absolute atomic E-state index is 11.5. The van der Waals surface area contributed by atoms with Gasteiger partial charge in [-0.2, -0.15) is 0 Å². The average Bonchev–Trinajstić information content (AvgIpc) is 3.19. The lowest BCUT2D eigenvalue weighted by Crippen LogP contribution is -2.42. The molecule has 2 saturated carbocycles. The quantitative estimate of drug-likeness (QED) is 0.596. The van der Waals surface area contributed by atoms with Gasteiger partial charge in [0.25, 0.3) is 0 Å². The van der Waals surface area contributed by atoms with E-state index in [-0.39, 0.29) is 5.91 Å². The van der Waals surface area contributed by atoms with E-state index >= 15 is 0 Å². The van der Waals surface area contributed by atoms with Crippen LogP contribution in [0.1, 0.15) is 51.4 Å². The smallest absolute Gasteiger partial charge is 0.220 e. The van der Waals surface area contributed by atoms with Crippen LogP contribution in [0, 0.1) is 5.92 Å². The van der Waals surface area contributed by atoms with Crippen LogP contribution in [0.15, 0.2) is 0 Å². The van der Waals surface area contributed by atoms with Gasteiger partial charge in [-0.25, -0.2) is 0 Å². The lowest BCUT2D eigenvalue weighted by molar-refractivity contribution is -0.121. The van der Waals surface area contributed by atoms with Crippen LogP contribution < -0.4 is 16.4 Å². The molecule has 2 unspecified atom stereocenters. The molecule has 2 rings (SSSR count). The van der Waals surface area contributed by atoms with Gasteiger partial charge in [0, 0.05) is 18.5 Å². The number of rotatable bonds is 7. The van der Waals surface area contributed by atoms with Crippen LogP contribution in [-0.4, -0.2) is 31.1 Å². The van der Waals surface area contributed by atoms with Gasteiger partial charge in [0.15, 0.2) is 0 Å². The van der Waals surface area contributed by atoms with Gasteiger partial charge in [-0.1, -0.05) is 12.8 Å². The Morgan fingerprint density at radius 3 is 2.67 bits per heavy atom. The van der Waals surface area contributed by atoms with E-state index in [0.717, 1.165) is 19.5 Å². The highest BCUT2D eigenvalue weighted by molar-refractivity contribution is 5.76. The van der Waals surface area contributed by atoms with Crippen molar-refractivity contribution in [2.75, 3.05) is 13.1 Å². The van der Waals surface area contributed by atoms with E-state index in [2.05, 4.69) is 10.6 Å². The molecule has 2 aliphatic carbocycles. The van der Waals surface area contributed by atoms with E-state index in [0.29, 0.717) is 24.4 Å². The molecule has 0 aromatic rings. The van der Waals surface area contributed by atoms with Crippen molar-refractivity contribution in [2.24, 2.45) is 11.7 Å². The van der Waals surface area contributed by atoms with Gasteiger partial charge in [0.1, 0.15) is 0 Å². The zero-order valence-corrected chi connectivity index (χ0v) is 11.3. The van der Waals surface area contributed by atoms with Crippen LogP contribution in [0.3, 0.4) is 0 Å². The SMILES string of the molecule is NCC1CCCCC1NCCCC(=O)NC1CC1. The molecule has 18 heavy (non-hydrogen) atoms. The lowest BCUT2D eigenvalue weighted by Gasteiger charge is -2.31. The average molecular weight is 253 g/mol. The Labute approximate surface area is 110 Å². The molecule has 4 N–H and O–H groups in total. The van der Waals surface area contributed by atoms with Crippen molar-refractivity contribution < 1.29 is 4.79 Å². The third-order valence-corrected chi connectivity index (χ3v) is 4.14. The van der Waals surface area contributed by atoms with Crippen LogP contribution >= 0.6 is 0 Å². The zero-order valence-electron chi connectivity index (χ0n) is 11.3. The summed E-state index contributed by atoms with van der Waals surface area (Å²) >= 11 is 0. The van der Waals surface area contributed by atoms with Crippen molar-refractivity contribution in [3.05, 3.63) is 0 Å². The maximum Gasteiger partial charge on any atom is 0.220 e. The van der Waals surface area contributed by atoms with Gasteiger partial charge in [-0.3, -0.25) is 4.79 Å². The van der Waals surface area contributed by atoms with E-state index in [9.17, 15) is 4.79 Å². The van der Waals surface area contributed by atoms with E-state index < -0.39 is 0 Å². The molecule has 0 aromatic heterocycles. The summed E-state index contributed by atoms with van der Waals surface area (Å²) in [4.78, 5) is 11.5. The molecule has 1 amide bonds. The predicted molar refractivity (Wildman–Crippen MR) is 73.2 cm³/mol. The van der Waals surface area contributed by atoms with Crippen molar-refractivity contribution in [2.45, 2.75) is 63.5 Å². The number of hydrogen-bond donors (Lipinski definition) is 3. The molecule has 0 aliphatic heterocycles. The van der Waals surface area contributed by atoms with Gasteiger partial charge in [0.05, 0.1) is 0 Å². The minimum absolute atomic E-state index is 0.221. The zero-order chi connectivity index (χ0) is 12.8. The summed E-state index contributed by atoms with van der Waals surface area (Å²) in [6, 6.07) is 1.07. The number of hydrogen-bond acceptors (Lipinski definition) is 3. The molecule has 4 nitrogen and oxygen atoms in total. The van der Waals surface area contributed by atoms with Crippen molar-refractivity contribution >= 4 is 5.91 Å². The standard InChI is InChI=1S/C14H27N3O/c15-10-11-4-1-2-5-13(11)16-9-3-6-14(18)17-12-7-8-12/h11-13,16H,1-10,15H2,(H,17,18). The predicted octanol–water partition coefficient (Wildman–Crippen LogP) is 1.15. The summed E-state index contributed by atoms with van der Waals surface area (Å²) < 4.78 is 0. The fraction of sp³-hybridized carbons (Fsp3) is 0.929. The summed E-state index contributed by atoms with van der Waals surface area (Å²) in [6.45, 7) is 1.74. The number of carbonyl (C=O) groups excluding carboxylic acids is 1. The second-order valence-corrected chi connectivity index (χ2v) is 5.79. The molecule has 0 saturated heterocycles. The third kappa shape index (κ3) is 4.58. The Balaban J connectivity index is 1.54. The molecule has 2 fully saturated rings. The first-order valence-corrected chi connectivity index (χ1v) is 7.52. The minimum atomic E-state index is 0.221. The fourth-order valence-electron chi connectivity index (χ4n) is 2.82. The van der Waals surface area contributed by atoms with Crippen LogP contribution in [-0.2, 0) is 4.79 Å². The number of nitrogens with two attached hydrogens (primary N) is 1. The second-order valence-electron chi connectivity index (χ2n) is 5.79. The molecule has 2 atom stereocenters. The van der Waals surface area contributed by atoms with Crippen LogP contribution in [0.25, 0.3) is 0 Å². The third-order valence-electron chi connectivity index (χ3n) is 4.14. The topological polar surface area (TPSA) is 67.1 Å². The first-order valence-electron chi connectivity index (χ1n) is 7.52. The molecular weight excluding hydrogens is 226 g/mol. The summed E-state index contributed by atoms with van der Waals surface area (Å²) in [5, 5.41) is 6.61. The summed E-state index contributed by atoms with van der Waals surface area (Å²) in [7, 11) is 0. The number of amides is 1. The first kappa shape index (κ1) is 13.8. The van der Waals surface area contributed by atoms with Gasteiger partial charge in [0.2, 0.25) is 5.91 Å². The van der Waals surface area contributed by atoms with Gasteiger partial charge in [-0.15, -0.1) is 0 Å². The molecule has 104 valence electrons. The molecule has 0 heterocycles. The van der Waals surface area contributed by atoms with Crippen molar-refractivity contribution in [3.8, 4) is 0 Å². The molecule has 0 bridgehead atoms. The van der Waals surface area contributed by atoms with Crippen LogP contribution in [0.5, 0.6) is 0 Å².